The van der Waals surface area contributed by atoms with Crippen molar-refractivity contribution in [2.24, 2.45) is 0 Å². The lowest BCUT2D eigenvalue weighted by molar-refractivity contribution is 0.663. The van der Waals surface area contributed by atoms with Crippen LogP contribution in [-0.2, 0) is 0 Å². The first-order valence-corrected chi connectivity index (χ1v) is 20.7. The van der Waals surface area contributed by atoms with Gasteiger partial charge in [-0.15, -0.1) is 0 Å². The van der Waals surface area contributed by atoms with Gasteiger partial charge in [0.05, 0.1) is 16.8 Å². The summed E-state index contributed by atoms with van der Waals surface area (Å²) < 4.78 is 13.5. The van der Waals surface area contributed by atoms with E-state index in [-0.39, 0.29) is 0 Å². The Morgan fingerprint density at radius 1 is 0.333 bits per heavy atom. The van der Waals surface area contributed by atoms with Crippen LogP contribution in [0.3, 0.4) is 0 Å². The van der Waals surface area contributed by atoms with Gasteiger partial charge in [0.25, 0.3) is 0 Å². The maximum absolute atomic E-state index is 6.87. The number of anilines is 6. The molecular formula is C56H44N2O2. The number of furan rings is 2. The molecule has 4 heteroatoms. The fourth-order valence-corrected chi connectivity index (χ4v) is 9.35. The summed E-state index contributed by atoms with van der Waals surface area (Å²) in [5.41, 5.74) is 17.6. The van der Waals surface area contributed by atoms with Crippen LogP contribution in [0.4, 0.5) is 34.1 Å². The molecule has 60 heavy (non-hydrogen) atoms. The number of rotatable bonds is 6. The first-order valence-electron chi connectivity index (χ1n) is 20.7. The normalized spacial score (nSPS) is 11.8. The summed E-state index contributed by atoms with van der Waals surface area (Å²) in [6.45, 7) is 13.0. The maximum Gasteiger partial charge on any atom is 0.147 e. The van der Waals surface area contributed by atoms with E-state index in [0.717, 1.165) is 82.8 Å². The Bertz CT molecular complexity index is 3460. The van der Waals surface area contributed by atoms with Crippen LogP contribution in [0.5, 0.6) is 0 Å². The highest BCUT2D eigenvalue weighted by Gasteiger charge is 2.22. The molecule has 0 saturated heterocycles. The second-order valence-corrected chi connectivity index (χ2v) is 16.6. The number of hydrogen-bond acceptors (Lipinski definition) is 4. The zero-order valence-electron chi connectivity index (χ0n) is 34.7. The van der Waals surface area contributed by atoms with Gasteiger partial charge >= 0.3 is 0 Å². The third-order valence-electron chi connectivity index (χ3n) is 12.4. The summed E-state index contributed by atoms with van der Waals surface area (Å²) in [7, 11) is 0. The minimum Gasteiger partial charge on any atom is -0.456 e. The van der Waals surface area contributed by atoms with Crippen LogP contribution >= 0.6 is 0 Å². The summed E-state index contributed by atoms with van der Waals surface area (Å²) in [5.74, 6) is 0. The molecule has 0 aliphatic rings. The van der Waals surface area contributed by atoms with E-state index < -0.39 is 0 Å². The fraction of sp³-hybridized carbons (Fsp3) is 0.107. The first kappa shape index (κ1) is 35.8. The molecule has 4 nitrogen and oxygen atoms in total. The van der Waals surface area contributed by atoms with Gasteiger partial charge in [-0.25, -0.2) is 0 Å². The summed E-state index contributed by atoms with van der Waals surface area (Å²) in [4.78, 5) is 4.76. The Labute approximate surface area is 349 Å². The molecule has 0 saturated carbocycles. The molecule has 0 spiro atoms. The highest BCUT2D eigenvalue weighted by molar-refractivity contribution is 6.24. The highest BCUT2D eigenvalue weighted by atomic mass is 16.3. The number of nitrogens with zero attached hydrogens (tertiary/aromatic N) is 2. The third-order valence-corrected chi connectivity index (χ3v) is 12.4. The van der Waals surface area contributed by atoms with Crippen LogP contribution in [-0.4, -0.2) is 0 Å². The Morgan fingerprint density at radius 3 is 1.28 bits per heavy atom. The van der Waals surface area contributed by atoms with Gasteiger partial charge in [-0.3, -0.25) is 0 Å². The van der Waals surface area contributed by atoms with Crippen LogP contribution in [0.25, 0.3) is 65.4 Å². The van der Waals surface area contributed by atoms with Crippen molar-refractivity contribution in [3.05, 3.63) is 191 Å². The van der Waals surface area contributed by atoms with Gasteiger partial charge in [-0.05, 0) is 170 Å². The quantitative estimate of drug-likeness (QED) is 0.168. The Balaban J connectivity index is 1.05. The summed E-state index contributed by atoms with van der Waals surface area (Å²) in [6, 6.07) is 57.3. The number of para-hydroxylation sites is 2. The molecule has 11 aromatic rings. The maximum atomic E-state index is 6.87. The molecule has 0 amide bonds. The Hall–Kier alpha value is -7.30. The zero-order valence-corrected chi connectivity index (χ0v) is 34.7. The average molecular weight is 777 g/mol. The lowest BCUT2D eigenvalue weighted by atomic mass is 10.0. The Morgan fingerprint density at radius 2 is 0.783 bits per heavy atom. The van der Waals surface area contributed by atoms with Crippen molar-refractivity contribution < 1.29 is 8.83 Å². The van der Waals surface area contributed by atoms with Crippen molar-refractivity contribution >= 4 is 99.5 Å². The zero-order chi connectivity index (χ0) is 40.8. The minimum absolute atomic E-state index is 0.818. The molecule has 2 heterocycles. The predicted molar refractivity (Wildman–Crippen MR) is 254 cm³/mol. The van der Waals surface area contributed by atoms with E-state index in [9.17, 15) is 0 Å². The average Bonchev–Trinajstić information content (AvgIpc) is 3.79. The van der Waals surface area contributed by atoms with Crippen molar-refractivity contribution in [1.29, 1.82) is 0 Å². The molecule has 0 aliphatic heterocycles. The number of aryl methyl sites for hydroxylation is 6. The van der Waals surface area contributed by atoms with Crippen LogP contribution in [0.1, 0.15) is 33.4 Å². The van der Waals surface area contributed by atoms with Crippen molar-refractivity contribution in [2.75, 3.05) is 9.80 Å². The highest BCUT2D eigenvalue weighted by Crippen LogP contribution is 2.45. The molecule has 2 aromatic heterocycles. The van der Waals surface area contributed by atoms with E-state index in [1.54, 1.807) is 0 Å². The van der Waals surface area contributed by atoms with E-state index in [0.29, 0.717) is 0 Å². The lowest BCUT2D eigenvalue weighted by Gasteiger charge is -2.29. The summed E-state index contributed by atoms with van der Waals surface area (Å²) in [5, 5.41) is 8.79. The van der Waals surface area contributed by atoms with E-state index in [2.05, 4.69) is 209 Å². The summed E-state index contributed by atoms with van der Waals surface area (Å²) in [6.07, 6.45) is 0. The van der Waals surface area contributed by atoms with Crippen molar-refractivity contribution in [3.8, 4) is 0 Å². The first-order chi connectivity index (χ1) is 29.2. The van der Waals surface area contributed by atoms with Crippen LogP contribution in [0, 0.1) is 41.5 Å². The molecule has 290 valence electrons. The molecule has 0 unspecified atom stereocenters. The third kappa shape index (κ3) is 5.74. The standard InChI is InChI=1S/C56H44N2O2/c1-33-13-19-43(20-14-33)57(54-35(3)9-7-10-36(54)4)45-23-17-39-29-48-47-25-26-50-53(56(47)60-51(48)31-41(39)27-45)49-30-40-18-24-46(28-42(40)32-52(49)59-50)58(44-21-15-34(2)16-22-44)55-37(5)11-8-12-38(55)6/h7-32H,1-6H3. The van der Waals surface area contributed by atoms with Crippen LogP contribution in [0.2, 0.25) is 0 Å². The molecule has 0 atom stereocenters. The smallest absolute Gasteiger partial charge is 0.147 e. The van der Waals surface area contributed by atoms with E-state index in [1.807, 2.05) is 0 Å². The topological polar surface area (TPSA) is 32.8 Å². The number of fused-ring (bicyclic) bond motifs is 9. The van der Waals surface area contributed by atoms with Crippen LogP contribution < -0.4 is 9.80 Å². The molecule has 0 bridgehead atoms. The summed E-state index contributed by atoms with van der Waals surface area (Å²) >= 11 is 0. The number of hydrogen-bond donors (Lipinski definition) is 0. The van der Waals surface area contributed by atoms with E-state index in [4.69, 9.17) is 8.83 Å². The van der Waals surface area contributed by atoms with E-state index in [1.165, 1.54) is 50.1 Å². The van der Waals surface area contributed by atoms with Gasteiger partial charge in [-0.2, -0.15) is 0 Å². The molecule has 0 fully saturated rings. The van der Waals surface area contributed by atoms with Gasteiger partial charge in [0.15, 0.2) is 0 Å². The monoisotopic (exact) mass is 776 g/mol. The lowest BCUT2D eigenvalue weighted by Crippen LogP contribution is -2.12. The fourth-order valence-electron chi connectivity index (χ4n) is 9.35. The van der Waals surface area contributed by atoms with Gasteiger partial charge in [-0.1, -0.05) is 83.9 Å². The minimum atomic E-state index is 0.818. The van der Waals surface area contributed by atoms with Crippen molar-refractivity contribution in [3.63, 3.8) is 0 Å². The Kier molecular flexibility index (Phi) is 8.15. The van der Waals surface area contributed by atoms with Gasteiger partial charge < -0.3 is 18.6 Å². The van der Waals surface area contributed by atoms with Gasteiger partial charge in [0.1, 0.15) is 22.3 Å². The van der Waals surface area contributed by atoms with Gasteiger partial charge in [0, 0.05) is 38.9 Å². The van der Waals surface area contributed by atoms with E-state index >= 15 is 0 Å². The van der Waals surface area contributed by atoms with Crippen LogP contribution in [0.15, 0.2) is 167 Å². The number of benzene rings is 9. The molecule has 11 rings (SSSR count). The largest absolute Gasteiger partial charge is 0.456 e. The van der Waals surface area contributed by atoms with Crippen molar-refractivity contribution in [2.45, 2.75) is 41.5 Å². The molecule has 9 aromatic carbocycles. The molecule has 0 aliphatic carbocycles. The molecular weight excluding hydrogens is 733 g/mol. The SMILES string of the molecule is Cc1ccc(N(c2ccc3cc4c(cc3c2)oc2c4ccc3oc4cc5cc(N(c6ccc(C)cc6)c6c(C)cccc6C)ccc5cc4c32)c2c(C)cccc2C)cc1. The predicted octanol–water partition coefficient (Wildman–Crippen LogP) is 16.6. The second-order valence-electron chi connectivity index (χ2n) is 16.6. The molecule has 0 N–H and O–H groups in total. The van der Waals surface area contributed by atoms with Crippen molar-refractivity contribution in [1.82, 2.24) is 0 Å². The molecule has 0 radical (unpaired) electrons. The second kappa shape index (κ2) is 13.6. The van der Waals surface area contributed by atoms with Gasteiger partial charge in [0.2, 0.25) is 0 Å².